The summed E-state index contributed by atoms with van der Waals surface area (Å²) in [7, 11) is 0. The van der Waals surface area contributed by atoms with E-state index in [1.54, 1.807) is 38.1 Å². The van der Waals surface area contributed by atoms with Gasteiger partial charge in [-0.15, -0.1) is 0 Å². The molecule has 4 atom stereocenters. The monoisotopic (exact) mass is 495 g/mol. The first-order chi connectivity index (χ1) is 15.2. The van der Waals surface area contributed by atoms with Gasteiger partial charge < -0.3 is 16.2 Å². The fourth-order valence-corrected chi connectivity index (χ4v) is 5.10. The van der Waals surface area contributed by atoms with Gasteiger partial charge in [0.1, 0.15) is 5.82 Å². The molecular weight excluding hydrogens is 464 g/mol. The molecule has 0 saturated carbocycles. The molecule has 3 rings (SSSR count). The Morgan fingerprint density at radius 3 is 2.30 bits per heavy atom. The summed E-state index contributed by atoms with van der Waals surface area (Å²) in [5.41, 5.74) is 5.76. The van der Waals surface area contributed by atoms with Crippen LogP contribution < -0.4 is 16.4 Å². The van der Waals surface area contributed by atoms with Crippen LogP contribution in [0, 0.1) is 11.2 Å². The van der Waals surface area contributed by atoms with Gasteiger partial charge in [-0.2, -0.15) is 0 Å². The maximum Gasteiger partial charge on any atom is 0.238 e. The van der Waals surface area contributed by atoms with Gasteiger partial charge in [0, 0.05) is 17.0 Å². The highest BCUT2D eigenvalue weighted by atomic mass is 35.5. The maximum absolute atomic E-state index is 15.4. The zero-order valence-corrected chi connectivity index (χ0v) is 21.1. The third kappa shape index (κ3) is 4.91. The highest BCUT2D eigenvalue weighted by Gasteiger charge is 2.60. The van der Waals surface area contributed by atoms with Crippen LogP contribution in [-0.2, 0) is 10.3 Å². The van der Waals surface area contributed by atoms with Crippen molar-refractivity contribution in [1.29, 1.82) is 0 Å². The summed E-state index contributed by atoms with van der Waals surface area (Å²) < 4.78 is 15.4. The van der Waals surface area contributed by atoms with Crippen LogP contribution in [0.5, 0.6) is 0 Å². The largest absolute Gasteiger partial charge is 0.394 e. The van der Waals surface area contributed by atoms with E-state index < -0.39 is 40.3 Å². The number of carbonyl (C=O) groups is 1. The fourth-order valence-electron chi connectivity index (χ4n) is 4.80. The molecule has 2 aromatic rings. The maximum atomic E-state index is 15.4. The van der Waals surface area contributed by atoms with Gasteiger partial charge in [-0.25, -0.2) is 4.39 Å². The Morgan fingerprint density at radius 1 is 1.15 bits per heavy atom. The summed E-state index contributed by atoms with van der Waals surface area (Å²) in [6, 6.07) is 10.5. The van der Waals surface area contributed by atoms with E-state index in [1.165, 1.54) is 6.07 Å². The highest BCUT2D eigenvalue weighted by molar-refractivity contribution is 6.31. The van der Waals surface area contributed by atoms with Crippen molar-refractivity contribution >= 4 is 29.1 Å². The van der Waals surface area contributed by atoms with Crippen molar-refractivity contribution in [2.45, 2.75) is 63.7 Å². The van der Waals surface area contributed by atoms with Crippen LogP contribution in [-0.4, -0.2) is 35.2 Å². The second-order valence-corrected chi connectivity index (χ2v) is 11.4. The van der Waals surface area contributed by atoms with E-state index in [9.17, 15) is 9.90 Å². The highest BCUT2D eigenvalue weighted by Crippen LogP contribution is 2.51. The van der Waals surface area contributed by atoms with Crippen molar-refractivity contribution in [3.05, 3.63) is 69.5 Å². The number of hydrogen-bond donors (Lipinski definition) is 4. The number of rotatable bonds is 5. The molecule has 0 bridgehead atoms. The molecule has 0 spiro atoms. The zero-order chi connectivity index (χ0) is 24.8. The van der Waals surface area contributed by atoms with Gasteiger partial charge in [0.15, 0.2) is 0 Å². The van der Waals surface area contributed by atoms with Crippen LogP contribution >= 0.6 is 23.2 Å². The molecule has 1 amide bonds. The summed E-state index contributed by atoms with van der Waals surface area (Å²) in [4.78, 5) is 13.5. The number of halogens is 3. The summed E-state index contributed by atoms with van der Waals surface area (Å²) in [6.45, 7) is 9.23. The Balaban J connectivity index is 2.27. The first kappa shape index (κ1) is 25.9. The van der Waals surface area contributed by atoms with Crippen LogP contribution in [0.15, 0.2) is 42.5 Å². The van der Waals surface area contributed by atoms with Gasteiger partial charge in [-0.05, 0) is 48.6 Å². The topological polar surface area (TPSA) is 87.4 Å². The minimum absolute atomic E-state index is 0.0417. The van der Waals surface area contributed by atoms with E-state index in [-0.39, 0.29) is 23.1 Å². The zero-order valence-electron chi connectivity index (χ0n) is 19.5. The third-order valence-corrected chi connectivity index (χ3v) is 6.88. The molecule has 2 aromatic carbocycles. The molecule has 180 valence electrons. The van der Waals surface area contributed by atoms with E-state index in [0.717, 1.165) is 5.56 Å². The van der Waals surface area contributed by atoms with Crippen molar-refractivity contribution in [2.75, 3.05) is 6.61 Å². The molecule has 1 heterocycles. The quantitative estimate of drug-likeness (QED) is 0.496. The van der Waals surface area contributed by atoms with Crippen molar-refractivity contribution in [1.82, 2.24) is 10.6 Å². The van der Waals surface area contributed by atoms with Crippen LogP contribution in [0.2, 0.25) is 10.0 Å². The fraction of sp³-hybridized carbons (Fsp3) is 0.480. The van der Waals surface area contributed by atoms with Crippen LogP contribution in [0.3, 0.4) is 0 Å². The Bertz CT molecular complexity index is 1020. The summed E-state index contributed by atoms with van der Waals surface area (Å²) in [5.74, 6) is -1.78. The van der Waals surface area contributed by atoms with Crippen LogP contribution in [0.4, 0.5) is 4.39 Å². The number of aliphatic hydroxyl groups excluding tert-OH is 1. The molecule has 1 saturated heterocycles. The Hall–Kier alpha value is -1.70. The molecule has 0 radical (unpaired) electrons. The van der Waals surface area contributed by atoms with E-state index >= 15 is 4.39 Å². The average Bonchev–Trinajstić information content (AvgIpc) is 3.05. The minimum atomic E-state index is -1.18. The van der Waals surface area contributed by atoms with Gasteiger partial charge in [-0.3, -0.25) is 10.1 Å². The van der Waals surface area contributed by atoms with Crippen molar-refractivity contribution in [3.63, 3.8) is 0 Å². The van der Waals surface area contributed by atoms with E-state index in [2.05, 4.69) is 10.6 Å². The molecule has 0 aromatic heterocycles. The lowest BCUT2D eigenvalue weighted by Gasteiger charge is -2.43. The normalized spacial score (nSPS) is 25.8. The molecule has 1 aliphatic rings. The minimum Gasteiger partial charge on any atom is -0.394 e. The molecule has 8 heteroatoms. The lowest BCUT2D eigenvalue weighted by atomic mass is 9.65. The van der Waals surface area contributed by atoms with Crippen LogP contribution in [0.25, 0.3) is 0 Å². The number of amides is 1. The SMILES string of the molecule is CC(C)(CO)NC(=O)[C@@H]1N[C@@H](C(C)(C)C)[C@](N)(c2ccc(Cl)cc2)[C@H]1c1cccc(Cl)c1F. The molecule has 5 nitrogen and oxygen atoms in total. The summed E-state index contributed by atoms with van der Waals surface area (Å²) in [6.07, 6.45) is 0. The smallest absolute Gasteiger partial charge is 0.238 e. The molecule has 33 heavy (non-hydrogen) atoms. The Morgan fingerprint density at radius 2 is 1.76 bits per heavy atom. The first-order valence-electron chi connectivity index (χ1n) is 10.9. The van der Waals surface area contributed by atoms with Crippen molar-refractivity contribution < 1.29 is 14.3 Å². The van der Waals surface area contributed by atoms with Gasteiger partial charge in [0.05, 0.1) is 28.7 Å². The third-order valence-electron chi connectivity index (χ3n) is 6.34. The Kier molecular flexibility index (Phi) is 7.19. The number of nitrogens with two attached hydrogens (primary N) is 1. The predicted molar refractivity (Wildman–Crippen MR) is 131 cm³/mol. The van der Waals surface area contributed by atoms with Gasteiger partial charge >= 0.3 is 0 Å². The van der Waals surface area contributed by atoms with Crippen molar-refractivity contribution in [3.8, 4) is 0 Å². The molecular formula is C25H32Cl2FN3O2. The molecule has 5 N–H and O–H groups in total. The van der Waals surface area contributed by atoms with Gasteiger partial charge in [0.2, 0.25) is 5.91 Å². The van der Waals surface area contributed by atoms with E-state index in [0.29, 0.717) is 5.02 Å². The first-order valence-corrected chi connectivity index (χ1v) is 11.7. The van der Waals surface area contributed by atoms with E-state index in [4.69, 9.17) is 28.9 Å². The van der Waals surface area contributed by atoms with Gasteiger partial charge in [-0.1, -0.05) is 68.2 Å². The lowest BCUT2D eigenvalue weighted by molar-refractivity contribution is -0.125. The molecule has 0 aliphatic carbocycles. The van der Waals surface area contributed by atoms with Crippen molar-refractivity contribution in [2.24, 2.45) is 11.1 Å². The number of carbonyl (C=O) groups excluding carboxylic acids is 1. The second kappa shape index (κ2) is 9.16. The second-order valence-electron chi connectivity index (χ2n) is 10.5. The Labute approximate surface area is 204 Å². The molecule has 1 aliphatic heterocycles. The number of nitrogens with one attached hydrogen (secondary N) is 2. The van der Waals surface area contributed by atoms with Crippen LogP contribution in [0.1, 0.15) is 51.7 Å². The molecule has 1 fully saturated rings. The van der Waals surface area contributed by atoms with E-state index in [1.807, 2.05) is 32.9 Å². The lowest BCUT2D eigenvalue weighted by Crippen LogP contribution is -2.56. The number of benzene rings is 2. The average molecular weight is 496 g/mol. The standard InChI is InChI=1S/C25H32Cl2FN3O2/c1-23(2,3)22-25(29,14-9-11-15(26)12-10-14)18(16-7-6-8-17(27)19(16)28)20(30-22)21(33)31-24(4,5)13-32/h6-12,18,20,22,30,32H,13,29H2,1-5H3,(H,31,33)/t18-,20+,22-,25-/m0/s1. The summed E-state index contributed by atoms with van der Waals surface area (Å²) >= 11 is 12.3. The molecule has 0 unspecified atom stereocenters. The predicted octanol–water partition coefficient (Wildman–Crippen LogP) is 4.34. The number of aliphatic hydroxyl groups is 1. The summed E-state index contributed by atoms with van der Waals surface area (Å²) in [5, 5.41) is 16.5. The van der Waals surface area contributed by atoms with Gasteiger partial charge in [0.25, 0.3) is 0 Å². The number of hydrogen-bond acceptors (Lipinski definition) is 4.